The van der Waals surface area contributed by atoms with Gasteiger partial charge in [-0.15, -0.1) is 0 Å². The summed E-state index contributed by atoms with van der Waals surface area (Å²) in [6, 6.07) is 8.55. The summed E-state index contributed by atoms with van der Waals surface area (Å²) in [7, 11) is 0. The monoisotopic (exact) mass is 212 g/mol. The zero-order valence-electron chi connectivity index (χ0n) is 4.76. The topological polar surface area (TPSA) is 0 Å². The van der Waals surface area contributed by atoms with E-state index in [-0.39, 0.29) is 0 Å². The van der Waals surface area contributed by atoms with Gasteiger partial charge in [0.2, 0.25) is 0 Å². The van der Waals surface area contributed by atoms with Gasteiger partial charge in [-0.3, -0.25) is 0 Å². The molecule has 0 atom stereocenters. The van der Waals surface area contributed by atoms with Crippen molar-refractivity contribution in [1.82, 2.24) is 0 Å². The summed E-state index contributed by atoms with van der Waals surface area (Å²) in [6.07, 6.45) is 0. The molecule has 0 saturated carbocycles. The Morgan fingerprint density at radius 1 is 1.12 bits per heavy atom. The van der Waals surface area contributed by atoms with E-state index in [2.05, 4.69) is 31.2 Å². The van der Waals surface area contributed by atoms with Gasteiger partial charge in [-0.05, 0) is 0 Å². The van der Waals surface area contributed by atoms with Gasteiger partial charge in [-0.2, -0.15) is 0 Å². The molecular formula is C7H7Sb. The molecule has 0 aliphatic carbocycles. The molecule has 0 saturated heterocycles. The molecule has 0 aromatic heterocycles. The van der Waals surface area contributed by atoms with Crippen LogP contribution in [0.15, 0.2) is 24.3 Å². The van der Waals surface area contributed by atoms with E-state index in [9.17, 15) is 0 Å². The average molecular weight is 213 g/mol. The van der Waals surface area contributed by atoms with Crippen molar-refractivity contribution >= 4 is 26.5 Å². The number of hydrogen-bond donors (Lipinski definition) is 0. The van der Waals surface area contributed by atoms with E-state index in [1.54, 1.807) is 23.0 Å². The summed E-state index contributed by atoms with van der Waals surface area (Å²) < 4.78 is 1.38. The SMILES string of the molecule is Cc1cc[c]([Sb])cc1. The van der Waals surface area contributed by atoms with Crippen molar-refractivity contribution in [1.29, 1.82) is 0 Å². The van der Waals surface area contributed by atoms with Crippen molar-refractivity contribution in [3.8, 4) is 0 Å². The van der Waals surface area contributed by atoms with Crippen molar-refractivity contribution in [3.05, 3.63) is 29.8 Å². The number of hydrogen-bond acceptors (Lipinski definition) is 0. The molecule has 0 fully saturated rings. The van der Waals surface area contributed by atoms with Crippen LogP contribution in [0.5, 0.6) is 0 Å². The third-order valence-electron chi connectivity index (χ3n) is 1.03. The van der Waals surface area contributed by atoms with Gasteiger partial charge in [-0.1, -0.05) is 0 Å². The van der Waals surface area contributed by atoms with Gasteiger partial charge in [0, 0.05) is 0 Å². The van der Waals surface area contributed by atoms with Crippen LogP contribution in [0.3, 0.4) is 0 Å². The van der Waals surface area contributed by atoms with Crippen molar-refractivity contribution in [2.45, 2.75) is 6.92 Å². The van der Waals surface area contributed by atoms with Crippen LogP contribution >= 0.6 is 0 Å². The van der Waals surface area contributed by atoms with E-state index < -0.39 is 0 Å². The Balaban J connectivity index is 3.03. The zero-order valence-corrected chi connectivity index (χ0v) is 7.31. The molecule has 2 radical (unpaired) electrons. The first kappa shape index (κ1) is 6.16. The molecule has 0 amide bonds. The summed E-state index contributed by atoms with van der Waals surface area (Å²) in [6.45, 7) is 2.10. The Bertz CT molecular complexity index is 143. The molecule has 0 aliphatic heterocycles. The van der Waals surface area contributed by atoms with Gasteiger partial charge in [-0.25, -0.2) is 0 Å². The second-order valence-corrected chi connectivity index (χ2v) is 3.31. The fourth-order valence-electron chi connectivity index (χ4n) is 0.545. The molecule has 1 aromatic rings. The summed E-state index contributed by atoms with van der Waals surface area (Å²) in [5.41, 5.74) is 1.34. The summed E-state index contributed by atoms with van der Waals surface area (Å²) in [5, 5.41) is 0. The van der Waals surface area contributed by atoms with Crippen molar-refractivity contribution < 1.29 is 0 Å². The van der Waals surface area contributed by atoms with Crippen LogP contribution in [0, 0.1) is 6.92 Å². The molecule has 0 heterocycles. The van der Waals surface area contributed by atoms with Crippen LogP contribution < -0.4 is 3.51 Å². The molecule has 0 bridgehead atoms. The molecule has 8 heavy (non-hydrogen) atoms. The summed E-state index contributed by atoms with van der Waals surface area (Å²) >= 11 is 1.76. The van der Waals surface area contributed by atoms with Crippen LogP contribution in [0.1, 0.15) is 5.56 Å². The summed E-state index contributed by atoms with van der Waals surface area (Å²) in [4.78, 5) is 0. The molecule has 0 N–H and O–H groups in total. The molecule has 0 nitrogen and oxygen atoms in total. The Hall–Kier alpha value is 0.0382. The molecule has 0 unspecified atom stereocenters. The van der Waals surface area contributed by atoms with E-state index in [1.165, 1.54) is 9.07 Å². The Kier molecular flexibility index (Phi) is 1.96. The maximum atomic E-state index is 2.14. The van der Waals surface area contributed by atoms with Crippen LogP contribution in [-0.4, -0.2) is 23.0 Å². The second-order valence-electron chi connectivity index (χ2n) is 1.84. The van der Waals surface area contributed by atoms with E-state index in [1.807, 2.05) is 0 Å². The third kappa shape index (κ3) is 1.52. The summed E-state index contributed by atoms with van der Waals surface area (Å²) in [5.74, 6) is 0. The average Bonchev–Trinajstić information content (AvgIpc) is 1.77. The first-order valence-corrected chi connectivity index (χ1v) is 3.82. The van der Waals surface area contributed by atoms with Crippen molar-refractivity contribution in [2.75, 3.05) is 0 Å². The first-order chi connectivity index (χ1) is 3.79. The van der Waals surface area contributed by atoms with Gasteiger partial charge in [0.1, 0.15) is 0 Å². The fourth-order valence-corrected chi connectivity index (χ4v) is 0.970. The predicted octanol–water partition coefficient (Wildman–Crippen LogP) is 0.789. The molecule has 40 valence electrons. The van der Waals surface area contributed by atoms with Gasteiger partial charge < -0.3 is 0 Å². The quantitative estimate of drug-likeness (QED) is 0.558. The molecular weight excluding hydrogens is 206 g/mol. The first-order valence-electron chi connectivity index (χ1n) is 2.54. The van der Waals surface area contributed by atoms with Gasteiger partial charge in [0.05, 0.1) is 0 Å². The van der Waals surface area contributed by atoms with E-state index >= 15 is 0 Å². The third-order valence-corrected chi connectivity index (χ3v) is 1.88. The standard InChI is InChI=1S/C7H7.Sb/c1-7-5-3-2-4-6-7;/h3-6H,1H3;. The van der Waals surface area contributed by atoms with Crippen LogP contribution in [0.2, 0.25) is 0 Å². The van der Waals surface area contributed by atoms with Crippen molar-refractivity contribution in [3.63, 3.8) is 0 Å². The molecule has 1 heteroatoms. The van der Waals surface area contributed by atoms with Gasteiger partial charge >= 0.3 is 63.3 Å². The number of benzene rings is 1. The van der Waals surface area contributed by atoms with Crippen LogP contribution in [0.25, 0.3) is 0 Å². The zero-order chi connectivity index (χ0) is 5.98. The Morgan fingerprint density at radius 3 is 2.00 bits per heavy atom. The van der Waals surface area contributed by atoms with Crippen LogP contribution in [0.4, 0.5) is 0 Å². The van der Waals surface area contributed by atoms with E-state index in [0.29, 0.717) is 0 Å². The minimum atomic E-state index is 1.34. The minimum absolute atomic E-state index is 1.34. The molecule has 0 aliphatic rings. The second kappa shape index (κ2) is 2.55. The Morgan fingerprint density at radius 2 is 1.62 bits per heavy atom. The van der Waals surface area contributed by atoms with Gasteiger partial charge in [0.15, 0.2) is 0 Å². The van der Waals surface area contributed by atoms with E-state index in [0.717, 1.165) is 0 Å². The number of aryl methyl sites for hydroxylation is 1. The Labute approximate surface area is 63.4 Å². The number of rotatable bonds is 0. The van der Waals surface area contributed by atoms with Crippen molar-refractivity contribution in [2.24, 2.45) is 0 Å². The fraction of sp³-hybridized carbons (Fsp3) is 0.143. The predicted molar refractivity (Wildman–Crippen MR) is 36.6 cm³/mol. The molecule has 1 rings (SSSR count). The molecule has 0 spiro atoms. The maximum absolute atomic E-state index is 2.14. The van der Waals surface area contributed by atoms with Gasteiger partial charge in [0.25, 0.3) is 0 Å². The van der Waals surface area contributed by atoms with Crippen LogP contribution in [-0.2, 0) is 0 Å². The molecule has 1 aromatic carbocycles. The normalized spacial score (nSPS) is 9.25. The van der Waals surface area contributed by atoms with E-state index in [4.69, 9.17) is 0 Å².